The first-order valence-corrected chi connectivity index (χ1v) is 16.3. The molecular weight excluding hydrogens is 682 g/mol. The smallest absolute Gasteiger partial charge is 0.354 e. The van der Waals surface area contributed by atoms with Crippen molar-refractivity contribution in [2.24, 2.45) is 0 Å². The van der Waals surface area contributed by atoms with Crippen molar-refractivity contribution >= 4 is 49.5 Å². The zero-order valence-electron chi connectivity index (χ0n) is 24.7. The molecule has 2 unspecified atom stereocenters. The van der Waals surface area contributed by atoms with E-state index < -0.39 is 39.2 Å². The number of halogens is 2. The predicted octanol–water partition coefficient (Wildman–Crippen LogP) is 6.82. The van der Waals surface area contributed by atoms with Gasteiger partial charge in [-0.1, -0.05) is 99.8 Å². The van der Waals surface area contributed by atoms with Crippen LogP contribution >= 0.6 is 27.5 Å². The highest BCUT2D eigenvalue weighted by atomic mass is 79.9. The van der Waals surface area contributed by atoms with Crippen LogP contribution in [0, 0.1) is 6.92 Å². The largest absolute Gasteiger partial charge is 0.467 e. The maximum absolute atomic E-state index is 14.1. The number of aryl methyl sites for hydroxylation is 1. The molecule has 4 rings (SSSR count). The van der Waals surface area contributed by atoms with Crippen molar-refractivity contribution in [3.8, 4) is 0 Å². The normalized spacial score (nSPS) is 13.8. The third-order valence-electron chi connectivity index (χ3n) is 7.05. The second kappa shape index (κ2) is 14.9. The summed E-state index contributed by atoms with van der Waals surface area (Å²) in [5.41, 5.74) is 0.0929. The number of esters is 2. The molecule has 0 aromatic heterocycles. The van der Waals surface area contributed by atoms with E-state index in [-0.39, 0.29) is 11.5 Å². The van der Waals surface area contributed by atoms with Gasteiger partial charge in [-0.2, -0.15) is 0 Å². The van der Waals surface area contributed by atoms with Gasteiger partial charge >= 0.3 is 11.9 Å². The molecule has 11 heteroatoms. The fourth-order valence-electron chi connectivity index (χ4n) is 4.74. The van der Waals surface area contributed by atoms with E-state index in [9.17, 15) is 18.0 Å². The molecule has 234 valence electrons. The van der Waals surface area contributed by atoms with Crippen molar-refractivity contribution in [1.82, 2.24) is 4.72 Å². The lowest BCUT2D eigenvalue weighted by molar-refractivity contribution is -0.176. The third-order valence-corrected chi connectivity index (χ3v) is 9.21. The summed E-state index contributed by atoms with van der Waals surface area (Å²) >= 11 is 9.67. The molecule has 0 bridgehead atoms. The lowest BCUT2D eigenvalue weighted by atomic mass is 9.76. The molecule has 45 heavy (non-hydrogen) atoms. The molecule has 0 fully saturated rings. The molecule has 8 nitrogen and oxygen atoms in total. The van der Waals surface area contributed by atoms with Crippen molar-refractivity contribution in [1.29, 1.82) is 0 Å². The monoisotopic (exact) mass is 711 g/mol. The summed E-state index contributed by atoms with van der Waals surface area (Å²) < 4.78 is 47.1. The molecule has 0 spiro atoms. The van der Waals surface area contributed by atoms with Gasteiger partial charge in [-0.05, 0) is 66.1 Å². The molecule has 4 aromatic rings. The fourth-order valence-corrected chi connectivity index (χ4v) is 6.18. The number of nitrogens with one attached hydrogen (secondary N) is 1. The summed E-state index contributed by atoms with van der Waals surface area (Å²) in [6.45, 7) is 1.79. The average molecular weight is 713 g/mol. The number of methoxy groups -OCH3 is 2. The summed E-state index contributed by atoms with van der Waals surface area (Å²) in [7, 11) is -1.91. The number of benzene rings is 4. The van der Waals surface area contributed by atoms with Crippen molar-refractivity contribution in [2.75, 3.05) is 14.2 Å². The molecule has 4 aromatic carbocycles. The lowest BCUT2D eigenvalue weighted by Gasteiger charge is -2.38. The number of hydrogen-bond donors (Lipinski definition) is 1. The fraction of sp³-hybridized carbons (Fsp3) is 0.176. The Morgan fingerprint density at radius 2 is 1.51 bits per heavy atom. The molecule has 0 saturated carbocycles. The molecule has 0 amide bonds. The van der Waals surface area contributed by atoms with Gasteiger partial charge in [0.15, 0.2) is 0 Å². The SMILES string of the molecule is COC(=O)/C(=C/C(c1ccc(Cl)cc1)C(OCc1ccccc1)(C(=O)OC)c1ccc(Br)cc1)NS(=O)(=O)c1ccc(C)cc1. The van der Waals surface area contributed by atoms with Crippen LogP contribution < -0.4 is 4.72 Å². The van der Waals surface area contributed by atoms with Gasteiger partial charge in [-0.25, -0.2) is 18.0 Å². The second-order valence-electron chi connectivity index (χ2n) is 10.0. The van der Waals surface area contributed by atoms with Gasteiger partial charge in [0, 0.05) is 15.4 Å². The van der Waals surface area contributed by atoms with Crippen LogP contribution in [0.2, 0.25) is 5.02 Å². The molecule has 2 atom stereocenters. The standard InChI is InChI=1S/C34H31BrClNO7S/c1-23-9-19-29(20-10-23)45(40,41)37-31(32(38)42-2)21-30(25-11-17-28(36)18-12-25)34(33(39)43-3,26-13-15-27(35)16-14-26)44-22-24-7-5-4-6-8-24/h4-21,30,37H,22H2,1-3H3/b31-21-. The number of rotatable bonds is 12. The molecule has 0 saturated heterocycles. The molecule has 0 aliphatic carbocycles. The Balaban J connectivity index is 2.00. The summed E-state index contributed by atoms with van der Waals surface area (Å²) in [4.78, 5) is 27.3. The van der Waals surface area contributed by atoms with E-state index in [1.165, 1.54) is 25.3 Å². The van der Waals surface area contributed by atoms with Crippen molar-refractivity contribution in [3.63, 3.8) is 0 Å². The zero-order chi connectivity index (χ0) is 32.6. The molecule has 0 radical (unpaired) electrons. The summed E-state index contributed by atoms with van der Waals surface area (Å²) in [5.74, 6) is -2.92. The van der Waals surface area contributed by atoms with Crippen LogP contribution in [0.25, 0.3) is 0 Å². The van der Waals surface area contributed by atoms with Crippen LogP contribution in [0.1, 0.15) is 28.2 Å². The van der Waals surface area contributed by atoms with Crippen LogP contribution in [-0.4, -0.2) is 34.6 Å². The Morgan fingerprint density at radius 3 is 2.09 bits per heavy atom. The number of hydrogen-bond acceptors (Lipinski definition) is 7. The van der Waals surface area contributed by atoms with Crippen LogP contribution in [0.3, 0.4) is 0 Å². The molecule has 0 aliphatic rings. The van der Waals surface area contributed by atoms with E-state index >= 15 is 0 Å². The van der Waals surface area contributed by atoms with Crippen molar-refractivity contribution < 1.29 is 32.2 Å². The number of carbonyl (C=O) groups is 2. The third kappa shape index (κ3) is 8.01. The minimum Gasteiger partial charge on any atom is -0.467 e. The lowest BCUT2D eigenvalue weighted by Crippen LogP contribution is -2.45. The predicted molar refractivity (Wildman–Crippen MR) is 175 cm³/mol. The highest BCUT2D eigenvalue weighted by molar-refractivity contribution is 9.10. The molecule has 1 N–H and O–H groups in total. The highest BCUT2D eigenvalue weighted by Crippen LogP contribution is 2.44. The Hall–Kier alpha value is -3.96. The minimum atomic E-state index is -4.27. The zero-order valence-corrected chi connectivity index (χ0v) is 27.9. The first-order chi connectivity index (χ1) is 21.5. The Kier molecular flexibility index (Phi) is 11.2. The van der Waals surface area contributed by atoms with Crippen LogP contribution in [0.5, 0.6) is 0 Å². The van der Waals surface area contributed by atoms with Crippen LogP contribution in [0.4, 0.5) is 0 Å². The number of ether oxygens (including phenoxy) is 3. The Bertz CT molecular complexity index is 1760. The molecular formula is C34H31BrClNO7S. The van der Waals surface area contributed by atoms with Gasteiger partial charge in [0.25, 0.3) is 10.0 Å². The maximum Gasteiger partial charge on any atom is 0.354 e. The number of carbonyl (C=O) groups excluding carboxylic acids is 2. The van der Waals surface area contributed by atoms with Gasteiger partial charge in [0.2, 0.25) is 5.60 Å². The Labute approximate surface area is 276 Å². The van der Waals surface area contributed by atoms with E-state index in [0.29, 0.717) is 16.1 Å². The average Bonchev–Trinajstić information content (AvgIpc) is 3.05. The van der Waals surface area contributed by atoms with Crippen LogP contribution in [-0.2, 0) is 46.0 Å². The van der Waals surface area contributed by atoms with Gasteiger partial charge in [0.05, 0.1) is 25.7 Å². The van der Waals surface area contributed by atoms with E-state index in [0.717, 1.165) is 22.7 Å². The first-order valence-electron chi connectivity index (χ1n) is 13.7. The van der Waals surface area contributed by atoms with Gasteiger partial charge in [-0.15, -0.1) is 0 Å². The maximum atomic E-state index is 14.1. The summed E-state index contributed by atoms with van der Waals surface area (Å²) in [6, 6.07) is 28.8. The van der Waals surface area contributed by atoms with Crippen LogP contribution in [0.15, 0.2) is 124 Å². The van der Waals surface area contributed by atoms with Gasteiger partial charge < -0.3 is 14.2 Å². The minimum absolute atomic E-state index is 0.0351. The van der Waals surface area contributed by atoms with Crippen molar-refractivity contribution in [3.05, 3.63) is 147 Å². The second-order valence-corrected chi connectivity index (χ2v) is 13.1. The highest BCUT2D eigenvalue weighted by Gasteiger charge is 2.50. The van der Waals surface area contributed by atoms with E-state index in [4.69, 9.17) is 25.8 Å². The van der Waals surface area contributed by atoms with E-state index in [2.05, 4.69) is 20.7 Å². The summed E-state index contributed by atoms with van der Waals surface area (Å²) in [6.07, 6.45) is 1.31. The van der Waals surface area contributed by atoms with E-state index in [1.807, 2.05) is 37.3 Å². The Morgan fingerprint density at radius 1 is 0.889 bits per heavy atom. The quantitative estimate of drug-likeness (QED) is 0.127. The summed E-state index contributed by atoms with van der Waals surface area (Å²) in [5, 5.41) is 0.423. The number of sulfonamides is 1. The van der Waals surface area contributed by atoms with Gasteiger partial charge in [0.1, 0.15) is 5.70 Å². The molecule has 0 heterocycles. The van der Waals surface area contributed by atoms with Crippen molar-refractivity contribution in [2.45, 2.75) is 29.9 Å². The van der Waals surface area contributed by atoms with E-state index in [1.54, 1.807) is 60.7 Å². The molecule has 0 aliphatic heterocycles. The van der Waals surface area contributed by atoms with Gasteiger partial charge in [-0.3, -0.25) is 4.72 Å². The first kappa shape index (κ1) is 33.9. The topological polar surface area (TPSA) is 108 Å².